The lowest BCUT2D eigenvalue weighted by Crippen LogP contribution is -2.42. The molecule has 1 heterocycles. The Bertz CT molecular complexity index is 1770. The molecule has 0 fully saturated rings. The number of aromatic amines is 1. The Labute approximate surface area is 202 Å². The Morgan fingerprint density at radius 1 is 1.09 bits per heavy atom. The number of para-hydroxylation sites is 1. The highest BCUT2D eigenvalue weighted by atomic mass is 32.2. The number of carboxylic acids is 1. The first kappa shape index (κ1) is 15.1. The maximum atomic E-state index is 13.0. The summed E-state index contributed by atoms with van der Waals surface area (Å²) in [4.78, 5) is 14.5. The van der Waals surface area contributed by atoms with Crippen molar-refractivity contribution in [2.24, 2.45) is 0 Å². The number of benzene rings is 3. The monoisotopic (exact) mass is 465 g/mol. The minimum atomic E-state index is -4.29. The van der Waals surface area contributed by atoms with E-state index in [1.54, 1.807) is 12.1 Å². The van der Waals surface area contributed by atoms with Gasteiger partial charge in [-0.1, -0.05) is 47.7 Å². The highest BCUT2D eigenvalue weighted by molar-refractivity contribution is 7.89. The minimum Gasteiger partial charge on any atom is -0.480 e. The van der Waals surface area contributed by atoms with Gasteiger partial charge in [-0.05, 0) is 54.9 Å². The lowest BCUT2D eigenvalue weighted by atomic mass is 10.1. The third kappa shape index (κ3) is 5.32. The normalized spacial score (nSPS) is 15.6. The van der Waals surface area contributed by atoms with Crippen molar-refractivity contribution >= 4 is 26.9 Å². The number of aliphatic carboxylic acids is 1. The summed E-state index contributed by atoms with van der Waals surface area (Å²) in [5.41, 5.74) is 1.54. The molecule has 166 valence electrons. The van der Waals surface area contributed by atoms with Crippen LogP contribution >= 0.6 is 0 Å². The quantitative estimate of drug-likeness (QED) is 0.377. The van der Waals surface area contributed by atoms with Gasteiger partial charge in [0, 0.05) is 38.8 Å². The van der Waals surface area contributed by atoms with Gasteiger partial charge in [-0.2, -0.15) is 4.72 Å². The minimum absolute atomic E-state index is 0.0902. The fraction of sp³-hybridized carbons (Fsp3) is 0.115. The van der Waals surface area contributed by atoms with E-state index < -0.39 is 41.0 Å². The molecule has 0 aliphatic heterocycles. The lowest BCUT2D eigenvalue weighted by Gasteiger charge is -2.14. The molecular formula is C26H22N2O4S. The van der Waals surface area contributed by atoms with Crippen molar-refractivity contribution in [2.45, 2.75) is 24.2 Å². The summed E-state index contributed by atoms with van der Waals surface area (Å²) in [6, 6.07) is 8.28. The predicted octanol–water partition coefficient (Wildman–Crippen LogP) is 3.85. The van der Waals surface area contributed by atoms with Crippen LogP contribution < -0.4 is 4.72 Å². The second-order valence-corrected chi connectivity index (χ2v) is 8.85. The zero-order valence-electron chi connectivity index (χ0n) is 24.1. The van der Waals surface area contributed by atoms with Crippen molar-refractivity contribution in [1.82, 2.24) is 9.71 Å². The molecule has 1 atom stereocenters. The largest absolute Gasteiger partial charge is 0.480 e. The number of nitrogens with one attached hydrogen (secondary N) is 2. The number of sulfonamides is 1. The van der Waals surface area contributed by atoms with Gasteiger partial charge in [-0.3, -0.25) is 4.79 Å². The topological polar surface area (TPSA) is 99.3 Å². The van der Waals surface area contributed by atoms with E-state index in [4.69, 9.17) is 9.60 Å². The number of carbonyl (C=O) groups is 1. The van der Waals surface area contributed by atoms with E-state index in [2.05, 4.69) is 21.5 Å². The predicted molar refractivity (Wildman–Crippen MR) is 127 cm³/mol. The number of aryl methyl sites for hydroxylation is 1. The first-order chi connectivity index (χ1) is 18.7. The summed E-state index contributed by atoms with van der Waals surface area (Å²) in [7, 11) is -4.29. The SMILES string of the molecule is [2H]c1c([2H])c([2H])c2c(C[C@@H](NS(=O)(=O)c3ccc(C#Cc4ccc(C([2H])([2H])[2H])cc4)cc3)C(=O)O)c[nH]c2c1[2H]. The van der Waals surface area contributed by atoms with Gasteiger partial charge in [-0.15, -0.1) is 0 Å². The highest BCUT2D eigenvalue weighted by Crippen LogP contribution is 2.20. The number of aromatic nitrogens is 1. The van der Waals surface area contributed by atoms with Gasteiger partial charge in [0.1, 0.15) is 6.04 Å². The van der Waals surface area contributed by atoms with Crippen LogP contribution in [-0.4, -0.2) is 30.5 Å². The van der Waals surface area contributed by atoms with Crippen LogP contribution in [-0.2, 0) is 21.2 Å². The molecule has 0 saturated heterocycles. The Balaban J connectivity index is 1.53. The fourth-order valence-corrected chi connectivity index (χ4v) is 4.31. The molecule has 0 unspecified atom stereocenters. The van der Waals surface area contributed by atoms with Gasteiger partial charge in [0.05, 0.1) is 10.4 Å². The molecule has 0 radical (unpaired) electrons. The molecule has 7 heteroatoms. The van der Waals surface area contributed by atoms with E-state index in [0.717, 1.165) is 0 Å². The summed E-state index contributed by atoms with van der Waals surface area (Å²) >= 11 is 0. The van der Waals surface area contributed by atoms with Crippen molar-refractivity contribution in [3.8, 4) is 11.8 Å². The van der Waals surface area contributed by atoms with Crippen LogP contribution in [0.15, 0.2) is 83.8 Å². The van der Waals surface area contributed by atoms with Gasteiger partial charge in [-0.25, -0.2) is 8.42 Å². The molecule has 4 rings (SSSR count). The Kier molecular flexibility index (Phi) is 4.26. The molecule has 0 spiro atoms. The van der Waals surface area contributed by atoms with E-state index in [0.29, 0.717) is 11.1 Å². The maximum Gasteiger partial charge on any atom is 0.322 e. The Hall–Kier alpha value is -3.86. The number of hydrogen-bond acceptors (Lipinski definition) is 3. The molecule has 3 N–H and O–H groups in total. The van der Waals surface area contributed by atoms with E-state index >= 15 is 0 Å². The second-order valence-electron chi connectivity index (χ2n) is 7.13. The third-order valence-electron chi connectivity index (χ3n) is 4.82. The van der Waals surface area contributed by atoms with Crippen molar-refractivity contribution in [3.05, 3.63) is 101 Å². The summed E-state index contributed by atoms with van der Waals surface area (Å²) < 4.78 is 82.2. The van der Waals surface area contributed by atoms with Crippen LogP contribution in [0.4, 0.5) is 0 Å². The molecule has 4 aromatic rings. The second kappa shape index (κ2) is 9.33. The van der Waals surface area contributed by atoms with Crippen molar-refractivity contribution in [2.75, 3.05) is 0 Å². The van der Waals surface area contributed by atoms with Gasteiger partial charge in [0.15, 0.2) is 0 Å². The van der Waals surface area contributed by atoms with Crippen molar-refractivity contribution < 1.29 is 27.9 Å². The summed E-state index contributed by atoms with van der Waals surface area (Å²) in [5.74, 6) is 4.26. The Morgan fingerprint density at radius 2 is 1.73 bits per heavy atom. The van der Waals surface area contributed by atoms with Crippen LogP contribution in [0, 0.1) is 18.7 Å². The standard InChI is InChI=1S/C26H22N2O4S/c1-18-6-8-19(9-7-18)10-11-20-12-14-22(15-13-20)33(31,32)28-25(26(29)30)16-21-17-27-24-5-3-2-4-23(21)24/h2-9,12-15,17,25,27-28H,16H2,1H3,(H,29,30)/t25-/m1/s1/i1D3,2D,3D,4D,5D. The molecule has 3 aromatic carbocycles. The summed E-state index contributed by atoms with van der Waals surface area (Å²) in [6.45, 7) is -2.22. The number of fused-ring (bicyclic) bond motifs is 1. The first-order valence-electron chi connectivity index (χ1n) is 13.2. The summed E-state index contributed by atoms with van der Waals surface area (Å²) in [5, 5.41) is 9.81. The van der Waals surface area contributed by atoms with Crippen molar-refractivity contribution in [3.63, 3.8) is 0 Å². The molecule has 0 aliphatic carbocycles. The molecule has 0 bridgehead atoms. The number of rotatable bonds is 6. The third-order valence-corrected chi connectivity index (χ3v) is 6.31. The molecule has 0 aliphatic rings. The zero-order chi connectivity index (χ0) is 29.4. The molecular weight excluding hydrogens is 436 g/mol. The highest BCUT2D eigenvalue weighted by Gasteiger charge is 2.26. The van der Waals surface area contributed by atoms with Crippen LogP contribution in [0.1, 0.15) is 31.8 Å². The van der Waals surface area contributed by atoms with Crippen LogP contribution in [0.5, 0.6) is 0 Å². The zero-order valence-corrected chi connectivity index (χ0v) is 17.9. The fourth-order valence-electron chi connectivity index (χ4n) is 3.12. The van der Waals surface area contributed by atoms with E-state index in [1.165, 1.54) is 42.6 Å². The molecule has 0 saturated carbocycles. The Morgan fingerprint density at radius 3 is 2.36 bits per heavy atom. The number of H-pyrrole nitrogens is 1. The van der Waals surface area contributed by atoms with E-state index in [9.17, 15) is 18.3 Å². The van der Waals surface area contributed by atoms with Gasteiger partial charge < -0.3 is 10.1 Å². The van der Waals surface area contributed by atoms with E-state index in [1.807, 2.05) is 0 Å². The average Bonchev–Trinajstić information content (AvgIpc) is 3.32. The van der Waals surface area contributed by atoms with E-state index in [-0.39, 0.29) is 45.4 Å². The first-order valence-corrected chi connectivity index (χ1v) is 11.2. The smallest absolute Gasteiger partial charge is 0.322 e. The maximum absolute atomic E-state index is 13.0. The summed E-state index contributed by atoms with van der Waals surface area (Å²) in [6.07, 6.45) is 0.967. The van der Waals surface area contributed by atoms with Gasteiger partial charge >= 0.3 is 5.97 Å². The van der Waals surface area contributed by atoms with Gasteiger partial charge in [0.2, 0.25) is 10.0 Å². The molecule has 0 amide bonds. The van der Waals surface area contributed by atoms with Crippen LogP contribution in [0.3, 0.4) is 0 Å². The van der Waals surface area contributed by atoms with Crippen LogP contribution in [0.2, 0.25) is 0 Å². The average molecular weight is 466 g/mol. The molecule has 1 aromatic heterocycles. The number of carboxylic acid groups (broad SMARTS) is 1. The molecule has 6 nitrogen and oxygen atoms in total. The van der Waals surface area contributed by atoms with Crippen molar-refractivity contribution in [1.29, 1.82) is 0 Å². The molecule has 33 heavy (non-hydrogen) atoms. The van der Waals surface area contributed by atoms with Gasteiger partial charge in [0.25, 0.3) is 0 Å². The lowest BCUT2D eigenvalue weighted by molar-refractivity contribution is -0.138. The van der Waals surface area contributed by atoms with Crippen LogP contribution in [0.25, 0.3) is 10.9 Å². The number of hydrogen-bond donors (Lipinski definition) is 3.